The van der Waals surface area contributed by atoms with Gasteiger partial charge in [0.2, 0.25) is 0 Å². The minimum absolute atomic E-state index is 0.477. The minimum Gasteiger partial charge on any atom is -0.352 e. The molecule has 2 aromatic rings. The molecule has 0 aliphatic heterocycles. The summed E-state index contributed by atoms with van der Waals surface area (Å²) in [5.74, 6) is 1.23. The number of hydrogen-bond donors (Lipinski definition) is 1. The summed E-state index contributed by atoms with van der Waals surface area (Å²) in [6.45, 7) is 11.4. The van der Waals surface area contributed by atoms with Crippen molar-refractivity contribution < 1.29 is 0 Å². The number of aryl methyl sites for hydroxylation is 2. The second kappa shape index (κ2) is 7.09. The van der Waals surface area contributed by atoms with E-state index in [1.54, 1.807) is 0 Å². The maximum atomic E-state index is 4.63. The summed E-state index contributed by atoms with van der Waals surface area (Å²) in [6.07, 6.45) is 0. The third kappa shape index (κ3) is 3.86. The normalized spacial score (nSPS) is 11.3. The summed E-state index contributed by atoms with van der Waals surface area (Å²) in [4.78, 5) is 3.79. The number of aromatic nitrogens is 2. The topological polar surface area (TPSA) is 33.1 Å². The van der Waals surface area contributed by atoms with Crippen LogP contribution in [0.2, 0.25) is 0 Å². The highest BCUT2D eigenvalue weighted by atomic mass is 32.1. The van der Waals surface area contributed by atoms with Gasteiger partial charge in [-0.3, -0.25) is 4.68 Å². The number of nitrogens with zero attached hydrogens (tertiary/aromatic N) is 3. The monoisotopic (exact) mass is 306 g/mol. The number of nitrogens with one attached hydrogen (secondary N) is 1. The zero-order chi connectivity index (χ0) is 15.4. The Hall–Kier alpha value is -1.33. The van der Waals surface area contributed by atoms with Gasteiger partial charge in [0.25, 0.3) is 0 Å². The smallest absolute Gasteiger partial charge is 0.131 e. The molecule has 2 aromatic heterocycles. The molecule has 5 heteroatoms. The van der Waals surface area contributed by atoms with E-state index in [1.807, 2.05) is 23.1 Å². The molecule has 21 heavy (non-hydrogen) atoms. The quantitative estimate of drug-likeness (QED) is 0.852. The second-order valence-corrected chi connectivity index (χ2v) is 6.67. The molecule has 0 saturated carbocycles. The SMILES string of the molecule is CCN(Cc1cccs1)c1c(CNC(C)C)c(C)nn1C. The van der Waals surface area contributed by atoms with E-state index >= 15 is 0 Å². The first-order valence-electron chi connectivity index (χ1n) is 7.56. The molecule has 0 aromatic carbocycles. The van der Waals surface area contributed by atoms with Crippen molar-refractivity contribution in [3.8, 4) is 0 Å². The maximum Gasteiger partial charge on any atom is 0.131 e. The van der Waals surface area contributed by atoms with E-state index in [9.17, 15) is 0 Å². The van der Waals surface area contributed by atoms with Crippen LogP contribution in [0.5, 0.6) is 0 Å². The molecule has 0 bridgehead atoms. The van der Waals surface area contributed by atoms with Gasteiger partial charge >= 0.3 is 0 Å². The van der Waals surface area contributed by atoms with E-state index in [-0.39, 0.29) is 0 Å². The van der Waals surface area contributed by atoms with Gasteiger partial charge in [-0.25, -0.2) is 0 Å². The van der Waals surface area contributed by atoms with Crippen LogP contribution in [0, 0.1) is 6.92 Å². The van der Waals surface area contributed by atoms with Gasteiger partial charge < -0.3 is 10.2 Å². The molecule has 4 nitrogen and oxygen atoms in total. The molecule has 0 unspecified atom stereocenters. The Labute approximate surface area is 131 Å². The molecule has 0 saturated heterocycles. The van der Waals surface area contributed by atoms with Gasteiger partial charge in [0.15, 0.2) is 0 Å². The van der Waals surface area contributed by atoms with Gasteiger partial charge in [-0.15, -0.1) is 11.3 Å². The molecule has 1 N–H and O–H groups in total. The van der Waals surface area contributed by atoms with Crippen molar-refractivity contribution in [2.24, 2.45) is 7.05 Å². The summed E-state index contributed by atoms with van der Waals surface area (Å²) in [6, 6.07) is 4.79. The van der Waals surface area contributed by atoms with Crippen LogP contribution in [-0.2, 0) is 20.1 Å². The third-order valence-electron chi connectivity index (χ3n) is 3.61. The fourth-order valence-electron chi connectivity index (χ4n) is 2.53. The van der Waals surface area contributed by atoms with E-state index in [1.165, 1.54) is 16.3 Å². The zero-order valence-electron chi connectivity index (χ0n) is 13.7. The van der Waals surface area contributed by atoms with E-state index < -0.39 is 0 Å². The molecule has 0 amide bonds. The highest BCUT2D eigenvalue weighted by Gasteiger charge is 2.19. The average molecular weight is 306 g/mol. The first kappa shape index (κ1) is 16.0. The van der Waals surface area contributed by atoms with Gasteiger partial charge in [0.1, 0.15) is 5.82 Å². The van der Waals surface area contributed by atoms with Gasteiger partial charge in [0, 0.05) is 36.6 Å². The predicted octanol–water partition coefficient (Wildman–Crippen LogP) is 3.31. The standard InChI is InChI=1S/C16H26N4S/c1-6-20(11-14-8-7-9-21-14)16-15(10-17-12(2)3)13(4)18-19(16)5/h7-9,12,17H,6,10-11H2,1-5H3. The second-order valence-electron chi connectivity index (χ2n) is 5.64. The first-order valence-corrected chi connectivity index (χ1v) is 8.44. The fourth-order valence-corrected chi connectivity index (χ4v) is 3.25. The number of hydrogen-bond acceptors (Lipinski definition) is 4. The van der Waals surface area contributed by atoms with E-state index in [0.717, 1.165) is 25.3 Å². The molecule has 0 atom stereocenters. The van der Waals surface area contributed by atoms with Crippen LogP contribution in [0.3, 0.4) is 0 Å². The molecule has 0 aliphatic carbocycles. The van der Waals surface area contributed by atoms with Crippen LogP contribution in [0.15, 0.2) is 17.5 Å². The van der Waals surface area contributed by atoms with Gasteiger partial charge in [-0.05, 0) is 25.3 Å². The molecule has 0 aliphatic rings. The molecule has 2 rings (SSSR count). The Bertz CT molecular complexity index is 557. The highest BCUT2D eigenvalue weighted by molar-refractivity contribution is 7.09. The Balaban J connectivity index is 2.26. The van der Waals surface area contributed by atoms with Gasteiger partial charge in [-0.2, -0.15) is 5.10 Å². The van der Waals surface area contributed by atoms with Crippen molar-refractivity contribution in [1.82, 2.24) is 15.1 Å². The van der Waals surface area contributed by atoms with Gasteiger partial charge in [0.05, 0.1) is 12.2 Å². The van der Waals surface area contributed by atoms with Crippen molar-refractivity contribution in [2.75, 3.05) is 11.4 Å². The Morgan fingerprint density at radius 2 is 2.19 bits per heavy atom. The molecule has 0 fully saturated rings. The lowest BCUT2D eigenvalue weighted by Crippen LogP contribution is -2.27. The average Bonchev–Trinajstić information content (AvgIpc) is 3.02. The van der Waals surface area contributed by atoms with Crippen molar-refractivity contribution in [3.05, 3.63) is 33.6 Å². The third-order valence-corrected chi connectivity index (χ3v) is 4.47. The minimum atomic E-state index is 0.477. The predicted molar refractivity (Wildman–Crippen MR) is 91.0 cm³/mol. The maximum absolute atomic E-state index is 4.63. The van der Waals surface area contributed by atoms with Crippen LogP contribution in [0.25, 0.3) is 0 Å². The molecule has 116 valence electrons. The highest BCUT2D eigenvalue weighted by Crippen LogP contribution is 2.25. The molecule has 0 spiro atoms. The number of thiophene rings is 1. The van der Waals surface area contributed by atoms with Crippen molar-refractivity contribution in [2.45, 2.75) is 46.8 Å². The molecular weight excluding hydrogens is 280 g/mol. The largest absolute Gasteiger partial charge is 0.352 e. The number of anilines is 1. The Morgan fingerprint density at radius 3 is 2.76 bits per heavy atom. The van der Waals surface area contributed by atoms with Crippen molar-refractivity contribution in [3.63, 3.8) is 0 Å². The Morgan fingerprint density at radius 1 is 1.43 bits per heavy atom. The van der Waals surface area contributed by atoms with E-state index in [0.29, 0.717) is 6.04 Å². The van der Waals surface area contributed by atoms with E-state index in [4.69, 9.17) is 0 Å². The fraction of sp³-hybridized carbons (Fsp3) is 0.562. The van der Waals surface area contributed by atoms with Crippen molar-refractivity contribution >= 4 is 17.2 Å². The van der Waals surface area contributed by atoms with Crippen LogP contribution in [0.4, 0.5) is 5.82 Å². The van der Waals surface area contributed by atoms with Crippen molar-refractivity contribution in [1.29, 1.82) is 0 Å². The lowest BCUT2D eigenvalue weighted by atomic mass is 10.2. The van der Waals surface area contributed by atoms with Crippen LogP contribution >= 0.6 is 11.3 Å². The molecular formula is C16H26N4S. The van der Waals surface area contributed by atoms with Crippen LogP contribution < -0.4 is 10.2 Å². The lowest BCUT2D eigenvalue weighted by Gasteiger charge is -2.24. The summed E-state index contributed by atoms with van der Waals surface area (Å²) >= 11 is 1.81. The number of rotatable bonds is 7. The van der Waals surface area contributed by atoms with E-state index in [2.05, 4.69) is 60.5 Å². The summed E-state index contributed by atoms with van der Waals surface area (Å²) in [5, 5.41) is 10.3. The zero-order valence-corrected chi connectivity index (χ0v) is 14.5. The lowest BCUT2D eigenvalue weighted by molar-refractivity contribution is 0.586. The molecule has 2 heterocycles. The van der Waals surface area contributed by atoms with Crippen LogP contribution in [0.1, 0.15) is 36.9 Å². The summed E-state index contributed by atoms with van der Waals surface area (Å²) in [7, 11) is 2.04. The summed E-state index contributed by atoms with van der Waals surface area (Å²) < 4.78 is 2.02. The van der Waals surface area contributed by atoms with Crippen LogP contribution in [-0.4, -0.2) is 22.4 Å². The van der Waals surface area contributed by atoms with Gasteiger partial charge in [-0.1, -0.05) is 19.9 Å². The first-order chi connectivity index (χ1) is 10.0. The molecule has 0 radical (unpaired) electrons. The Kier molecular flexibility index (Phi) is 5.42. The summed E-state index contributed by atoms with van der Waals surface area (Å²) in [5.41, 5.74) is 2.43.